The van der Waals surface area contributed by atoms with Crippen LogP contribution in [0, 0.1) is 0 Å². The van der Waals surface area contributed by atoms with Gasteiger partial charge in [-0.05, 0) is 44.2 Å². The van der Waals surface area contributed by atoms with Crippen molar-refractivity contribution in [2.24, 2.45) is 0 Å². The van der Waals surface area contributed by atoms with Crippen molar-refractivity contribution in [2.45, 2.75) is 60.6 Å². The van der Waals surface area contributed by atoms with Crippen LogP contribution in [0.4, 0.5) is 13.2 Å². The minimum atomic E-state index is -4.74. The van der Waals surface area contributed by atoms with Crippen LogP contribution >= 0.6 is 0 Å². The predicted molar refractivity (Wildman–Crippen MR) is 92.8 cm³/mol. The van der Waals surface area contributed by atoms with E-state index in [4.69, 9.17) is 4.74 Å². The highest BCUT2D eigenvalue weighted by molar-refractivity contribution is 7.92. The Hall–Kier alpha value is -1.13. The van der Waals surface area contributed by atoms with Crippen LogP contribution in [0.15, 0.2) is 29.2 Å². The molecule has 1 aromatic carbocycles. The highest BCUT2D eigenvalue weighted by Gasteiger charge is 2.42. The molecule has 0 bridgehead atoms. The third-order valence-corrected chi connectivity index (χ3v) is 9.15. The smallest absolute Gasteiger partial charge is 0.375 e. The summed E-state index contributed by atoms with van der Waals surface area (Å²) in [7, 11) is -7.16. The van der Waals surface area contributed by atoms with Gasteiger partial charge in [0.25, 0.3) is 0 Å². The topological polar surface area (TPSA) is 77.5 Å². The van der Waals surface area contributed by atoms with Crippen LogP contribution in [0.25, 0.3) is 0 Å². The summed E-state index contributed by atoms with van der Waals surface area (Å²) in [5, 5.41) is -0.932. The van der Waals surface area contributed by atoms with Crippen LogP contribution < -0.4 is 0 Å². The van der Waals surface area contributed by atoms with Crippen molar-refractivity contribution in [3.63, 3.8) is 0 Å². The lowest BCUT2D eigenvalue weighted by Gasteiger charge is -2.25. The fourth-order valence-corrected chi connectivity index (χ4v) is 7.19. The number of hydrogen-bond donors (Lipinski definition) is 0. The van der Waals surface area contributed by atoms with Gasteiger partial charge >= 0.3 is 6.18 Å². The van der Waals surface area contributed by atoms with Crippen LogP contribution in [-0.2, 0) is 30.6 Å². The van der Waals surface area contributed by atoms with E-state index in [0.29, 0.717) is 19.3 Å². The van der Waals surface area contributed by atoms with Gasteiger partial charge in [-0.25, -0.2) is 16.8 Å². The molecule has 0 spiro atoms. The van der Waals surface area contributed by atoms with E-state index >= 15 is 0 Å². The van der Waals surface area contributed by atoms with E-state index in [2.05, 4.69) is 0 Å². The van der Waals surface area contributed by atoms with Gasteiger partial charge in [0.05, 0.1) is 39.4 Å². The third-order valence-electron chi connectivity index (χ3n) is 5.16. The van der Waals surface area contributed by atoms with Crippen LogP contribution in [0.3, 0.4) is 0 Å². The number of rotatable bonds is 4. The molecule has 3 rings (SSSR count). The van der Waals surface area contributed by atoms with E-state index in [-0.39, 0.29) is 36.6 Å². The zero-order valence-corrected chi connectivity index (χ0v) is 16.1. The molecule has 0 aromatic heterocycles. The van der Waals surface area contributed by atoms with Crippen molar-refractivity contribution in [1.82, 2.24) is 0 Å². The van der Waals surface area contributed by atoms with Gasteiger partial charge in [0, 0.05) is 0 Å². The minimum Gasteiger partial charge on any atom is -0.375 e. The second kappa shape index (κ2) is 7.36. The van der Waals surface area contributed by atoms with Crippen LogP contribution in [0.2, 0.25) is 0 Å². The SMILES string of the molecule is O=S1(=O)CCC(O[C@H]2CCC(S(=O)(=O)c3ccccc3C(F)(F)F)C2)CC1. The highest BCUT2D eigenvalue weighted by Crippen LogP contribution is 2.39. The fourth-order valence-electron chi connectivity index (χ4n) is 3.71. The summed E-state index contributed by atoms with van der Waals surface area (Å²) in [5.74, 6) is 0.0934. The fraction of sp³-hybridized carbons (Fsp3) is 0.647. The van der Waals surface area contributed by atoms with E-state index in [9.17, 15) is 30.0 Å². The lowest BCUT2D eigenvalue weighted by Crippen LogP contribution is -2.31. The maximum absolute atomic E-state index is 13.2. The maximum Gasteiger partial charge on any atom is 0.417 e. The van der Waals surface area contributed by atoms with Crippen molar-refractivity contribution < 1.29 is 34.7 Å². The quantitative estimate of drug-likeness (QED) is 0.740. The molecule has 1 saturated heterocycles. The molecule has 27 heavy (non-hydrogen) atoms. The molecule has 0 N–H and O–H groups in total. The Balaban J connectivity index is 1.70. The molecule has 2 fully saturated rings. The van der Waals surface area contributed by atoms with E-state index in [0.717, 1.165) is 12.1 Å². The van der Waals surface area contributed by atoms with Gasteiger partial charge in [-0.1, -0.05) is 12.1 Å². The van der Waals surface area contributed by atoms with Gasteiger partial charge in [0.15, 0.2) is 19.7 Å². The molecular weight excluding hydrogens is 405 g/mol. The predicted octanol–water partition coefficient (Wildman–Crippen LogP) is 2.99. The number of hydrogen-bond acceptors (Lipinski definition) is 5. The molecule has 2 aliphatic rings. The molecule has 0 amide bonds. The normalized spacial score (nSPS) is 26.9. The number of alkyl halides is 3. The molecule has 1 unspecified atom stereocenters. The molecule has 0 radical (unpaired) electrons. The Kier molecular flexibility index (Phi) is 5.62. The number of halogens is 3. The first kappa shape index (κ1) is 20.6. The summed E-state index contributed by atoms with van der Waals surface area (Å²) >= 11 is 0. The van der Waals surface area contributed by atoms with Crippen molar-refractivity contribution in [1.29, 1.82) is 0 Å². The Morgan fingerprint density at radius 2 is 1.59 bits per heavy atom. The standard InChI is InChI=1S/C17H21F3O5S2/c18-17(19,20)15-3-1-2-4-16(15)27(23,24)14-6-5-13(11-14)25-12-7-9-26(21,22)10-8-12/h1-4,12-14H,5-11H2/t13-,14?/m0/s1. The molecule has 5 nitrogen and oxygen atoms in total. The van der Waals surface area contributed by atoms with Crippen LogP contribution in [0.1, 0.15) is 37.7 Å². The summed E-state index contributed by atoms with van der Waals surface area (Å²) in [6.45, 7) is 0. The Bertz CT molecular complexity index is 879. The summed E-state index contributed by atoms with van der Waals surface area (Å²) < 4.78 is 93.9. The zero-order valence-electron chi connectivity index (χ0n) is 14.5. The zero-order chi connectivity index (χ0) is 19.9. The monoisotopic (exact) mass is 426 g/mol. The first-order valence-electron chi connectivity index (χ1n) is 8.75. The van der Waals surface area contributed by atoms with E-state index in [1.54, 1.807) is 0 Å². The minimum absolute atomic E-state index is 0.0467. The molecule has 1 aromatic rings. The molecule has 1 aliphatic heterocycles. The third kappa shape index (κ3) is 4.65. The average molecular weight is 426 g/mol. The van der Waals surface area contributed by atoms with Gasteiger partial charge < -0.3 is 4.74 Å². The van der Waals surface area contributed by atoms with E-state index in [1.165, 1.54) is 12.1 Å². The van der Waals surface area contributed by atoms with Gasteiger partial charge in [0.2, 0.25) is 0 Å². The van der Waals surface area contributed by atoms with Gasteiger partial charge in [-0.3, -0.25) is 0 Å². The first-order valence-corrected chi connectivity index (χ1v) is 12.1. The molecule has 10 heteroatoms. The van der Waals surface area contributed by atoms with Crippen LogP contribution in [-0.4, -0.2) is 45.8 Å². The Morgan fingerprint density at radius 3 is 2.22 bits per heavy atom. The second-order valence-electron chi connectivity index (χ2n) is 7.08. The number of ether oxygens (including phenoxy) is 1. The van der Waals surface area contributed by atoms with Crippen molar-refractivity contribution in [2.75, 3.05) is 11.5 Å². The lowest BCUT2D eigenvalue weighted by molar-refractivity contribution is -0.139. The maximum atomic E-state index is 13.2. The van der Waals surface area contributed by atoms with Crippen molar-refractivity contribution >= 4 is 19.7 Å². The van der Waals surface area contributed by atoms with Crippen LogP contribution in [0.5, 0.6) is 0 Å². The molecule has 2 atom stereocenters. The molecular formula is C17H21F3O5S2. The largest absolute Gasteiger partial charge is 0.417 e. The first-order chi connectivity index (χ1) is 12.5. The summed E-state index contributed by atoms with van der Waals surface area (Å²) in [6, 6.07) is 4.23. The van der Waals surface area contributed by atoms with Gasteiger partial charge in [0.1, 0.15) is 0 Å². The lowest BCUT2D eigenvalue weighted by atomic mass is 10.2. The second-order valence-corrected chi connectivity index (χ2v) is 11.6. The summed E-state index contributed by atoms with van der Waals surface area (Å²) in [4.78, 5) is -0.688. The molecule has 1 aliphatic carbocycles. The Morgan fingerprint density at radius 1 is 0.963 bits per heavy atom. The van der Waals surface area contributed by atoms with Crippen molar-refractivity contribution in [3.05, 3.63) is 29.8 Å². The molecule has 1 heterocycles. The molecule has 1 saturated carbocycles. The average Bonchev–Trinajstić information content (AvgIpc) is 3.05. The van der Waals surface area contributed by atoms with E-state index < -0.39 is 41.6 Å². The highest BCUT2D eigenvalue weighted by atomic mass is 32.2. The van der Waals surface area contributed by atoms with E-state index in [1.807, 2.05) is 0 Å². The Labute approximate surface area is 156 Å². The molecule has 152 valence electrons. The number of benzene rings is 1. The summed E-state index contributed by atoms with van der Waals surface area (Å²) in [5.41, 5.74) is -1.15. The summed E-state index contributed by atoms with van der Waals surface area (Å²) in [6.07, 6.45) is -3.86. The van der Waals surface area contributed by atoms with Crippen molar-refractivity contribution in [3.8, 4) is 0 Å². The van der Waals surface area contributed by atoms with Gasteiger partial charge in [-0.2, -0.15) is 13.2 Å². The van der Waals surface area contributed by atoms with Gasteiger partial charge in [-0.15, -0.1) is 0 Å². The number of sulfone groups is 2.